The molecule has 2 rings (SSSR count). The molecule has 0 bridgehead atoms. The van der Waals surface area contributed by atoms with Gasteiger partial charge in [0.05, 0.1) is 0 Å². The average Bonchev–Trinajstić information content (AvgIpc) is 2.40. The van der Waals surface area contributed by atoms with E-state index in [4.69, 9.17) is 0 Å². The molecule has 0 heterocycles. The van der Waals surface area contributed by atoms with Gasteiger partial charge in [-0.25, -0.2) is 4.39 Å². The van der Waals surface area contributed by atoms with E-state index in [1.807, 2.05) is 31.2 Å². The number of rotatable bonds is 3. The Morgan fingerprint density at radius 1 is 1.10 bits per heavy atom. The van der Waals surface area contributed by atoms with Gasteiger partial charge in [-0.2, -0.15) is 0 Å². The van der Waals surface area contributed by atoms with Crippen LogP contribution in [0.2, 0.25) is 0 Å². The highest BCUT2D eigenvalue weighted by Gasteiger charge is 2.15. The normalized spacial score (nSPS) is 10.4. The van der Waals surface area contributed by atoms with Crippen LogP contribution in [0.4, 0.5) is 4.39 Å². The molecule has 0 saturated heterocycles. The lowest BCUT2D eigenvalue weighted by atomic mass is 10.1. The van der Waals surface area contributed by atoms with Crippen molar-refractivity contribution in [2.45, 2.75) is 20.4 Å². The van der Waals surface area contributed by atoms with Crippen molar-refractivity contribution >= 4 is 5.91 Å². The van der Waals surface area contributed by atoms with Crippen molar-refractivity contribution in [2.75, 3.05) is 7.05 Å². The summed E-state index contributed by atoms with van der Waals surface area (Å²) in [5, 5.41) is 0. The van der Waals surface area contributed by atoms with E-state index in [0.717, 1.165) is 11.1 Å². The van der Waals surface area contributed by atoms with Gasteiger partial charge in [0, 0.05) is 19.2 Å². The predicted molar refractivity (Wildman–Crippen MR) is 78.1 cm³/mol. The summed E-state index contributed by atoms with van der Waals surface area (Å²) in [4.78, 5) is 14.1. The summed E-state index contributed by atoms with van der Waals surface area (Å²) < 4.78 is 13.1. The summed E-state index contributed by atoms with van der Waals surface area (Å²) in [5.41, 5.74) is 3.47. The van der Waals surface area contributed by atoms with Gasteiger partial charge in [0.25, 0.3) is 5.91 Å². The zero-order valence-corrected chi connectivity index (χ0v) is 12.0. The van der Waals surface area contributed by atoms with Gasteiger partial charge in [-0.1, -0.05) is 24.3 Å². The Morgan fingerprint density at radius 2 is 1.80 bits per heavy atom. The van der Waals surface area contributed by atoms with Crippen LogP contribution in [0.25, 0.3) is 0 Å². The quantitative estimate of drug-likeness (QED) is 0.833. The first-order valence-corrected chi connectivity index (χ1v) is 6.55. The number of carbonyl (C=O) groups is 1. The van der Waals surface area contributed by atoms with Crippen molar-refractivity contribution in [3.05, 3.63) is 70.5 Å². The smallest absolute Gasteiger partial charge is 0.254 e. The number of halogens is 1. The fourth-order valence-corrected chi connectivity index (χ4v) is 2.19. The fourth-order valence-electron chi connectivity index (χ4n) is 2.19. The van der Waals surface area contributed by atoms with Gasteiger partial charge in [-0.3, -0.25) is 4.79 Å². The molecule has 0 unspecified atom stereocenters. The Kier molecular flexibility index (Phi) is 4.18. The number of benzene rings is 2. The Bertz CT molecular complexity index is 637. The first-order valence-electron chi connectivity index (χ1n) is 6.55. The van der Waals surface area contributed by atoms with E-state index in [1.54, 1.807) is 24.9 Å². The molecule has 0 atom stereocenters. The van der Waals surface area contributed by atoms with Crippen LogP contribution in [0.3, 0.4) is 0 Å². The lowest BCUT2D eigenvalue weighted by molar-refractivity contribution is 0.0784. The van der Waals surface area contributed by atoms with E-state index in [0.29, 0.717) is 17.7 Å². The summed E-state index contributed by atoms with van der Waals surface area (Å²) in [7, 11) is 1.76. The van der Waals surface area contributed by atoms with Gasteiger partial charge >= 0.3 is 0 Å². The summed E-state index contributed by atoms with van der Waals surface area (Å²) in [5.74, 6) is -0.411. The molecule has 0 aliphatic heterocycles. The summed E-state index contributed by atoms with van der Waals surface area (Å²) in [6.07, 6.45) is 0. The standard InChI is InChI=1S/C17H18FNO/c1-12-6-4-5-7-14(12)11-19(3)17(20)16-9-8-15(18)10-13(16)2/h4-10H,11H2,1-3H3. The Labute approximate surface area is 118 Å². The number of aryl methyl sites for hydroxylation is 2. The second-order valence-electron chi connectivity index (χ2n) is 5.05. The number of amides is 1. The number of hydrogen-bond acceptors (Lipinski definition) is 1. The monoisotopic (exact) mass is 271 g/mol. The molecule has 0 aliphatic rings. The van der Waals surface area contributed by atoms with Crippen molar-refractivity contribution in [1.82, 2.24) is 4.90 Å². The molecule has 0 aliphatic carbocycles. The van der Waals surface area contributed by atoms with Gasteiger partial charge in [0.1, 0.15) is 5.82 Å². The van der Waals surface area contributed by atoms with Crippen molar-refractivity contribution in [2.24, 2.45) is 0 Å². The van der Waals surface area contributed by atoms with Crippen LogP contribution in [-0.4, -0.2) is 17.9 Å². The second-order valence-corrected chi connectivity index (χ2v) is 5.05. The van der Waals surface area contributed by atoms with Crippen molar-refractivity contribution < 1.29 is 9.18 Å². The van der Waals surface area contributed by atoms with Gasteiger partial charge in [-0.05, 0) is 48.7 Å². The lowest BCUT2D eigenvalue weighted by Crippen LogP contribution is -2.27. The minimum atomic E-state index is -0.319. The maximum atomic E-state index is 13.1. The highest BCUT2D eigenvalue weighted by molar-refractivity contribution is 5.95. The van der Waals surface area contributed by atoms with E-state index >= 15 is 0 Å². The highest BCUT2D eigenvalue weighted by atomic mass is 19.1. The first kappa shape index (κ1) is 14.3. The largest absolute Gasteiger partial charge is 0.337 e. The van der Waals surface area contributed by atoms with Crippen LogP contribution < -0.4 is 0 Å². The van der Waals surface area contributed by atoms with Crippen molar-refractivity contribution in [3.8, 4) is 0 Å². The Balaban J connectivity index is 2.19. The Hall–Kier alpha value is -2.16. The lowest BCUT2D eigenvalue weighted by Gasteiger charge is -2.19. The van der Waals surface area contributed by atoms with E-state index in [-0.39, 0.29) is 11.7 Å². The molecule has 0 radical (unpaired) electrons. The SMILES string of the molecule is Cc1ccccc1CN(C)C(=O)c1ccc(F)cc1C. The van der Waals surface area contributed by atoms with E-state index in [2.05, 4.69) is 0 Å². The first-order chi connectivity index (χ1) is 9.49. The molecule has 0 saturated carbocycles. The van der Waals surface area contributed by atoms with E-state index < -0.39 is 0 Å². The molecule has 104 valence electrons. The molecule has 2 aromatic carbocycles. The Morgan fingerprint density at radius 3 is 2.45 bits per heavy atom. The molecule has 2 nitrogen and oxygen atoms in total. The summed E-state index contributed by atoms with van der Waals surface area (Å²) in [6.45, 7) is 4.32. The van der Waals surface area contributed by atoms with Crippen LogP contribution in [0.5, 0.6) is 0 Å². The van der Waals surface area contributed by atoms with Crippen LogP contribution in [0, 0.1) is 19.7 Å². The summed E-state index contributed by atoms with van der Waals surface area (Å²) in [6, 6.07) is 12.2. The predicted octanol–water partition coefficient (Wildman–Crippen LogP) is 3.71. The zero-order chi connectivity index (χ0) is 14.7. The third-order valence-corrected chi connectivity index (χ3v) is 3.43. The molecule has 0 N–H and O–H groups in total. The molecule has 0 fully saturated rings. The third-order valence-electron chi connectivity index (χ3n) is 3.43. The topological polar surface area (TPSA) is 20.3 Å². The second kappa shape index (κ2) is 5.87. The van der Waals surface area contributed by atoms with Gasteiger partial charge in [0.15, 0.2) is 0 Å². The minimum Gasteiger partial charge on any atom is -0.337 e. The van der Waals surface area contributed by atoms with Crippen LogP contribution in [0.1, 0.15) is 27.0 Å². The average molecular weight is 271 g/mol. The van der Waals surface area contributed by atoms with Gasteiger partial charge < -0.3 is 4.90 Å². The molecule has 2 aromatic rings. The number of carbonyl (C=O) groups excluding carboxylic acids is 1. The van der Waals surface area contributed by atoms with Crippen LogP contribution in [-0.2, 0) is 6.54 Å². The number of hydrogen-bond donors (Lipinski definition) is 0. The molecule has 20 heavy (non-hydrogen) atoms. The zero-order valence-electron chi connectivity index (χ0n) is 12.0. The van der Waals surface area contributed by atoms with Gasteiger partial charge in [-0.15, -0.1) is 0 Å². The highest BCUT2D eigenvalue weighted by Crippen LogP contribution is 2.15. The molecule has 0 spiro atoms. The van der Waals surface area contributed by atoms with Crippen LogP contribution in [0.15, 0.2) is 42.5 Å². The maximum Gasteiger partial charge on any atom is 0.254 e. The molecule has 1 amide bonds. The third kappa shape index (κ3) is 3.05. The van der Waals surface area contributed by atoms with E-state index in [9.17, 15) is 9.18 Å². The van der Waals surface area contributed by atoms with Crippen LogP contribution >= 0.6 is 0 Å². The maximum absolute atomic E-state index is 13.1. The minimum absolute atomic E-state index is 0.0919. The molecule has 0 aromatic heterocycles. The number of nitrogens with zero attached hydrogens (tertiary/aromatic N) is 1. The van der Waals surface area contributed by atoms with Crippen molar-refractivity contribution in [1.29, 1.82) is 0 Å². The molecule has 3 heteroatoms. The molecular weight excluding hydrogens is 253 g/mol. The molecular formula is C17H18FNO. The van der Waals surface area contributed by atoms with Crippen molar-refractivity contribution in [3.63, 3.8) is 0 Å². The van der Waals surface area contributed by atoms with Gasteiger partial charge in [0.2, 0.25) is 0 Å². The van der Waals surface area contributed by atoms with E-state index in [1.165, 1.54) is 12.1 Å². The fraction of sp³-hybridized carbons (Fsp3) is 0.235. The summed E-state index contributed by atoms with van der Waals surface area (Å²) >= 11 is 0.